The SMILES string of the molecule is O=C(c1cc(-c2cccnc2)on1)N1CCC(c2ccccc2)CC1. The average Bonchev–Trinajstić information content (AvgIpc) is 3.19. The van der Waals surface area contributed by atoms with E-state index >= 15 is 0 Å². The third-order valence-corrected chi connectivity index (χ3v) is 4.73. The number of hydrogen-bond donors (Lipinski definition) is 0. The molecule has 5 heteroatoms. The van der Waals surface area contributed by atoms with Crippen LogP contribution in [0.25, 0.3) is 11.3 Å². The molecule has 1 aliphatic rings. The van der Waals surface area contributed by atoms with E-state index in [9.17, 15) is 4.79 Å². The molecule has 2 aromatic heterocycles. The fourth-order valence-corrected chi connectivity index (χ4v) is 3.32. The lowest BCUT2D eigenvalue weighted by molar-refractivity contribution is 0.0702. The van der Waals surface area contributed by atoms with Crippen molar-refractivity contribution >= 4 is 5.91 Å². The van der Waals surface area contributed by atoms with E-state index < -0.39 is 0 Å². The largest absolute Gasteiger partial charge is 0.355 e. The minimum atomic E-state index is -0.0644. The number of rotatable bonds is 3. The lowest BCUT2D eigenvalue weighted by Gasteiger charge is -2.31. The molecule has 25 heavy (non-hydrogen) atoms. The number of carbonyl (C=O) groups is 1. The number of benzene rings is 1. The number of aromatic nitrogens is 2. The fraction of sp³-hybridized carbons (Fsp3) is 0.250. The summed E-state index contributed by atoms with van der Waals surface area (Å²) in [6, 6.07) is 15.9. The highest BCUT2D eigenvalue weighted by Crippen LogP contribution is 2.28. The van der Waals surface area contributed by atoms with E-state index in [1.54, 1.807) is 18.5 Å². The zero-order chi connectivity index (χ0) is 17.1. The molecule has 5 nitrogen and oxygen atoms in total. The van der Waals surface area contributed by atoms with Gasteiger partial charge in [-0.2, -0.15) is 0 Å². The lowest BCUT2D eigenvalue weighted by Crippen LogP contribution is -2.38. The van der Waals surface area contributed by atoms with Crippen LogP contribution in [0.3, 0.4) is 0 Å². The first-order valence-corrected chi connectivity index (χ1v) is 8.52. The number of amides is 1. The van der Waals surface area contributed by atoms with Gasteiger partial charge in [0.15, 0.2) is 11.5 Å². The van der Waals surface area contributed by atoms with Crippen molar-refractivity contribution in [1.82, 2.24) is 15.0 Å². The molecule has 0 aliphatic carbocycles. The second-order valence-corrected chi connectivity index (χ2v) is 6.30. The summed E-state index contributed by atoms with van der Waals surface area (Å²) in [6.07, 6.45) is 5.34. The van der Waals surface area contributed by atoms with E-state index in [4.69, 9.17) is 4.52 Å². The average molecular weight is 333 g/mol. The van der Waals surface area contributed by atoms with Crippen LogP contribution < -0.4 is 0 Å². The molecule has 4 rings (SSSR count). The Hall–Kier alpha value is -2.95. The predicted octanol–water partition coefficient (Wildman–Crippen LogP) is 3.76. The highest BCUT2D eigenvalue weighted by Gasteiger charge is 2.26. The van der Waals surface area contributed by atoms with Gasteiger partial charge in [0.25, 0.3) is 5.91 Å². The van der Waals surface area contributed by atoms with Crippen molar-refractivity contribution in [2.75, 3.05) is 13.1 Å². The van der Waals surface area contributed by atoms with Crippen LogP contribution in [-0.4, -0.2) is 34.0 Å². The van der Waals surface area contributed by atoms with Gasteiger partial charge in [-0.25, -0.2) is 0 Å². The topological polar surface area (TPSA) is 59.2 Å². The molecule has 126 valence electrons. The highest BCUT2D eigenvalue weighted by atomic mass is 16.5. The van der Waals surface area contributed by atoms with Crippen LogP contribution >= 0.6 is 0 Å². The van der Waals surface area contributed by atoms with Crippen molar-refractivity contribution < 1.29 is 9.32 Å². The van der Waals surface area contributed by atoms with E-state index in [-0.39, 0.29) is 5.91 Å². The summed E-state index contributed by atoms with van der Waals surface area (Å²) in [7, 11) is 0. The van der Waals surface area contributed by atoms with Crippen LogP contribution in [-0.2, 0) is 0 Å². The molecular weight excluding hydrogens is 314 g/mol. The first-order valence-electron chi connectivity index (χ1n) is 8.52. The Kier molecular flexibility index (Phi) is 4.29. The van der Waals surface area contributed by atoms with Crippen molar-refractivity contribution in [2.24, 2.45) is 0 Å². The number of piperidine rings is 1. The molecule has 0 bridgehead atoms. The monoisotopic (exact) mass is 333 g/mol. The normalized spacial score (nSPS) is 15.3. The molecule has 1 amide bonds. The van der Waals surface area contributed by atoms with Crippen LogP contribution in [0.1, 0.15) is 34.8 Å². The van der Waals surface area contributed by atoms with Crippen molar-refractivity contribution in [1.29, 1.82) is 0 Å². The van der Waals surface area contributed by atoms with Gasteiger partial charge in [0.05, 0.1) is 0 Å². The minimum Gasteiger partial charge on any atom is -0.355 e. The molecule has 3 aromatic rings. The van der Waals surface area contributed by atoms with Crippen molar-refractivity contribution in [3.05, 3.63) is 72.2 Å². The zero-order valence-corrected chi connectivity index (χ0v) is 13.8. The van der Waals surface area contributed by atoms with Gasteiger partial charge in [0, 0.05) is 37.1 Å². The molecule has 0 saturated carbocycles. The maximum Gasteiger partial charge on any atom is 0.276 e. The Morgan fingerprint density at radius 3 is 2.60 bits per heavy atom. The van der Waals surface area contributed by atoms with Crippen molar-refractivity contribution in [2.45, 2.75) is 18.8 Å². The summed E-state index contributed by atoms with van der Waals surface area (Å²) in [4.78, 5) is 18.6. The van der Waals surface area contributed by atoms with Gasteiger partial charge in [-0.15, -0.1) is 0 Å². The Morgan fingerprint density at radius 1 is 1.08 bits per heavy atom. The molecule has 3 heterocycles. The molecule has 1 fully saturated rings. The van der Waals surface area contributed by atoms with Gasteiger partial charge in [-0.3, -0.25) is 9.78 Å². The number of likely N-dealkylation sites (tertiary alicyclic amines) is 1. The Labute approximate surface area is 146 Å². The van der Waals surface area contributed by atoms with Gasteiger partial charge in [0.2, 0.25) is 0 Å². The molecule has 0 atom stereocenters. The molecule has 0 unspecified atom stereocenters. The fourth-order valence-electron chi connectivity index (χ4n) is 3.32. The van der Waals surface area contributed by atoms with E-state index in [1.807, 2.05) is 23.1 Å². The van der Waals surface area contributed by atoms with E-state index in [2.05, 4.69) is 34.4 Å². The van der Waals surface area contributed by atoms with Crippen LogP contribution in [0.5, 0.6) is 0 Å². The standard InChI is InChI=1S/C20H19N3O2/c24-20(18-13-19(25-22-18)17-7-4-10-21-14-17)23-11-8-16(9-12-23)15-5-2-1-3-6-15/h1-7,10,13-14,16H,8-9,11-12H2. The number of nitrogens with zero attached hydrogens (tertiary/aromatic N) is 3. The zero-order valence-electron chi connectivity index (χ0n) is 13.8. The van der Waals surface area contributed by atoms with Crippen LogP contribution in [0.2, 0.25) is 0 Å². The number of carbonyl (C=O) groups excluding carboxylic acids is 1. The van der Waals surface area contributed by atoms with Crippen molar-refractivity contribution in [3.8, 4) is 11.3 Å². The van der Waals surface area contributed by atoms with E-state index in [0.29, 0.717) is 17.4 Å². The lowest BCUT2D eigenvalue weighted by atomic mass is 9.89. The minimum absolute atomic E-state index is 0.0644. The first kappa shape index (κ1) is 15.6. The maximum atomic E-state index is 12.7. The second kappa shape index (κ2) is 6.89. The smallest absolute Gasteiger partial charge is 0.276 e. The molecular formula is C20H19N3O2. The van der Waals surface area contributed by atoms with Crippen molar-refractivity contribution in [3.63, 3.8) is 0 Å². The molecule has 0 spiro atoms. The summed E-state index contributed by atoms with van der Waals surface area (Å²) >= 11 is 0. The maximum absolute atomic E-state index is 12.7. The predicted molar refractivity (Wildman–Crippen MR) is 94.1 cm³/mol. The summed E-state index contributed by atoms with van der Waals surface area (Å²) in [5.41, 5.74) is 2.53. The first-order chi connectivity index (χ1) is 12.3. The summed E-state index contributed by atoms with van der Waals surface area (Å²) in [6.45, 7) is 1.49. The molecule has 1 aliphatic heterocycles. The van der Waals surface area contributed by atoms with Gasteiger partial charge >= 0.3 is 0 Å². The molecule has 0 radical (unpaired) electrons. The Bertz CT molecular complexity index is 838. The number of pyridine rings is 1. The van der Waals surface area contributed by atoms with Crippen LogP contribution in [0.15, 0.2) is 65.4 Å². The van der Waals surface area contributed by atoms with Crippen LogP contribution in [0, 0.1) is 0 Å². The Morgan fingerprint density at radius 2 is 1.88 bits per heavy atom. The summed E-state index contributed by atoms with van der Waals surface area (Å²) in [5.74, 6) is 1.02. The highest BCUT2D eigenvalue weighted by molar-refractivity contribution is 5.93. The molecule has 0 N–H and O–H groups in total. The summed E-state index contributed by atoms with van der Waals surface area (Å²) in [5, 5.41) is 3.95. The third kappa shape index (κ3) is 3.31. The van der Waals surface area contributed by atoms with E-state index in [1.165, 1.54) is 5.56 Å². The van der Waals surface area contributed by atoms with Crippen LogP contribution in [0.4, 0.5) is 0 Å². The van der Waals surface area contributed by atoms with Gasteiger partial charge in [-0.05, 0) is 36.5 Å². The molecule has 1 saturated heterocycles. The third-order valence-electron chi connectivity index (χ3n) is 4.73. The van der Waals surface area contributed by atoms with E-state index in [0.717, 1.165) is 31.5 Å². The van der Waals surface area contributed by atoms with Gasteiger partial charge < -0.3 is 9.42 Å². The van der Waals surface area contributed by atoms with Gasteiger partial charge in [0.1, 0.15) is 0 Å². The quantitative estimate of drug-likeness (QED) is 0.732. The number of hydrogen-bond acceptors (Lipinski definition) is 4. The summed E-state index contributed by atoms with van der Waals surface area (Å²) < 4.78 is 5.32. The Balaban J connectivity index is 1.42. The second-order valence-electron chi connectivity index (χ2n) is 6.30. The molecule has 1 aromatic carbocycles. The van der Waals surface area contributed by atoms with Gasteiger partial charge in [-0.1, -0.05) is 35.5 Å².